The van der Waals surface area contributed by atoms with Gasteiger partial charge >= 0.3 is 0 Å². The van der Waals surface area contributed by atoms with Gasteiger partial charge in [0.15, 0.2) is 0 Å². The van der Waals surface area contributed by atoms with Crippen molar-refractivity contribution in [2.45, 2.75) is 57.6 Å². The number of hydrogen-bond acceptors (Lipinski definition) is 1. The Balaban J connectivity index is 1.64. The lowest BCUT2D eigenvalue weighted by atomic mass is 9.90. The molecule has 0 heterocycles. The van der Waals surface area contributed by atoms with Crippen LogP contribution >= 0.6 is 11.6 Å². The SMILES string of the molecule is C[C@@H](CC(CCCl)c1ccc(-c2ccccc2)cc1)O[Si](c1ccccc1)(c1ccccc1)C(C)(C)C. The van der Waals surface area contributed by atoms with Gasteiger partial charge < -0.3 is 4.43 Å². The Kier molecular flexibility index (Phi) is 9.07. The Bertz CT molecular complexity index is 1180. The highest BCUT2D eigenvalue weighted by molar-refractivity contribution is 6.99. The van der Waals surface area contributed by atoms with Gasteiger partial charge in [0.1, 0.15) is 0 Å². The van der Waals surface area contributed by atoms with Gasteiger partial charge in [-0.15, -0.1) is 11.6 Å². The van der Waals surface area contributed by atoms with Crippen LogP contribution in [-0.2, 0) is 4.43 Å². The predicted molar refractivity (Wildman–Crippen MR) is 163 cm³/mol. The zero-order valence-electron chi connectivity index (χ0n) is 22.5. The Labute approximate surface area is 229 Å². The second-order valence-electron chi connectivity index (χ2n) is 11.0. The quantitative estimate of drug-likeness (QED) is 0.149. The summed E-state index contributed by atoms with van der Waals surface area (Å²) in [5.74, 6) is 0.979. The average molecular weight is 527 g/mol. The van der Waals surface area contributed by atoms with Crippen molar-refractivity contribution in [1.29, 1.82) is 0 Å². The van der Waals surface area contributed by atoms with E-state index in [2.05, 4.69) is 143 Å². The fraction of sp³-hybridized carbons (Fsp3) is 0.294. The monoisotopic (exact) mass is 526 g/mol. The number of hydrogen-bond donors (Lipinski definition) is 0. The van der Waals surface area contributed by atoms with E-state index in [1.807, 2.05) is 0 Å². The van der Waals surface area contributed by atoms with Crippen molar-refractivity contribution < 1.29 is 4.43 Å². The summed E-state index contributed by atoms with van der Waals surface area (Å²) >= 11 is 6.32. The van der Waals surface area contributed by atoms with E-state index >= 15 is 0 Å². The van der Waals surface area contributed by atoms with Crippen LogP contribution in [0.1, 0.15) is 52.0 Å². The number of benzene rings is 4. The molecule has 0 aliphatic rings. The normalized spacial score (nSPS) is 13.8. The second-order valence-corrected chi connectivity index (χ2v) is 15.6. The van der Waals surface area contributed by atoms with Crippen molar-refractivity contribution in [2.24, 2.45) is 0 Å². The molecule has 0 aliphatic carbocycles. The van der Waals surface area contributed by atoms with Crippen LogP contribution in [-0.4, -0.2) is 20.3 Å². The summed E-state index contributed by atoms with van der Waals surface area (Å²) in [6.45, 7) is 9.26. The third kappa shape index (κ3) is 6.26. The zero-order valence-corrected chi connectivity index (χ0v) is 24.3. The van der Waals surface area contributed by atoms with E-state index in [0.717, 1.165) is 12.8 Å². The van der Waals surface area contributed by atoms with E-state index in [-0.39, 0.29) is 11.1 Å². The van der Waals surface area contributed by atoms with Crippen LogP contribution in [0.4, 0.5) is 0 Å². The van der Waals surface area contributed by atoms with Gasteiger partial charge in [0, 0.05) is 12.0 Å². The van der Waals surface area contributed by atoms with Gasteiger partial charge in [0.05, 0.1) is 0 Å². The first-order valence-electron chi connectivity index (χ1n) is 13.4. The van der Waals surface area contributed by atoms with Gasteiger partial charge in [-0.25, -0.2) is 0 Å². The van der Waals surface area contributed by atoms with Crippen LogP contribution in [0.25, 0.3) is 11.1 Å². The van der Waals surface area contributed by atoms with Gasteiger partial charge in [-0.05, 0) is 57.8 Å². The van der Waals surface area contributed by atoms with E-state index in [4.69, 9.17) is 16.0 Å². The summed E-state index contributed by atoms with van der Waals surface area (Å²) < 4.78 is 7.36. The third-order valence-electron chi connectivity index (χ3n) is 7.36. The molecular weight excluding hydrogens is 488 g/mol. The largest absolute Gasteiger partial charge is 0.405 e. The summed E-state index contributed by atoms with van der Waals surface area (Å²) in [5, 5.41) is 2.60. The average Bonchev–Trinajstić information content (AvgIpc) is 2.92. The third-order valence-corrected chi connectivity index (χ3v) is 12.7. The van der Waals surface area contributed by atoms with Crippen LogP contribution in [0.3, 0.4) is 0 Å². The van der Waals surface area contributed by atoms with Gasteiger partial charge in [0.25, 0.3) is 8.32 Å². The van der Waals surface area contributed by atoms with E-state index in [1.165, 1.54) is 27.1 Å². The minimum Gasteiger partial charge on any atom is -0.405 e. The van der Waals surface area contributed by atoms with Gasteiger partial charge in [0.2, 0.25) is 0 Å². The van der Waals surface area contributed by atoms with Crippen molar-refractivity contribution in [3.05, 3.63) is 121 Å². The predicted octanol–water partition coefficient (Wildman–Crippen LogP) is 8.42. The molecule has 3 heteroatoms. The Morgan fingerprint density at radius 2 is 1.14 bits per heavy atom. The highest BCUT2D eigenvalue weighted by Gasteiger charge is 2.51. The zero-order chi connectivity index (χ0) is 26.3. The second kappa shape index (κ2) is 12.3. The molecule has 4 rings (SSSR count). The van der Waals surface area contributed by atoms with Crippen LogP contribution in [0.2, 0.25) is 5.04 Å². The smallest absolute Gasteiger partial charge is 0.261 e. The van der Waals surface area contributed by atoms with E-state index in [1.54, 1.807) is 0 Å². The first-order valence-corrected chi connectivity index (χ1v) is 15.8. The molecular formula is C34H39ClOSi. The molecule has 0 bridgehead atoms. The van der Waals surface area contributed by atoms with E-state index in [9.17, 15) is 0 Å². The van der Waals surface area contributed by atoms with Crippen LogP contribution in [0.5, 0.6) is 0 Å². The number of alkyl halides is 1. The van der Waals surface area contributed by atoms with E-state index < -0.39 is 8.32 Å². The van der Waals surface area contributed by atoms with Gasteiger partial charge in [-0.3, -0.25) is 0 Å². The molecule has 1 nitrogen and oxygen atoms in total. The molecule has 0 aliphatic heterocycles. The minimum absolute atomic E-state index is 0.0384. The van der Waals surface area contributed by atoms with E-state index in [0.29, 0.717) is 11.8 Å². The molecule has 0 saturated carbocycles. The molecule has 0 N–H and O–H groups in total. The maximum atomic E-state index is 7.36. The molecule has 1 unspecified atom stereocenters. The summed E-state index contributed by atoms with van der Waals surface area (Å²) in [4.78, 5) is 0. The lowest BCUT2D eigenvalue weighted by Gasteiger charge is -2.45. The molecule has 0 saturated heterocycles. The minimum atomic E-state index is -2.59. The number of halogens is 1. The summed E-state index contributed by atoms with van der Waals surface area (Å²) in [5.41, 5.74) is 3.81. The molecule has 0 radical (unpaired) electrons. The highest BCUT2D eigenvalue weighted by atomic mass is 35.5. The maximum Gasteiger partial charge on any atom is 0.261 e. The first kappa shape index (κ1) is 27.4. The first-order chi connectivity index (χ1) is 17.8. The van der Waals surface area contributed by atoms with Crippen molar-refractivity contribution >= 4 is 30.3 Å². The summed E-state index contributed by atoms with van der Waals surface area (Å²) in [6, 6.07) is 41.4. The lowest BCUT2D eigenvalue weighted by molar-refractivity contribution is 0.185. The van der Waals surface area contributed by atoms with Crippen molar-refractivity contribution in [3.8, 4) is 11.1 Å². The topological polar surface area (TPSA) is 9.23 Å². The molecule has 0 amide bonds. The standard InChI is InChI=1S/C34H39ClOSi/c1-27(26-31(24-25-35)30-22-20-29(21-23-30)28-14-8-5-9-15-28)36-37(34(2,3)4,32-16-10-6-11-17-32)33-18-12-7-13-19-33/h5-23,27,31H,24-26H2,1-4H3/t27-,31?/m0/s1. The molecule has 0 fully saturated rings. The van der Waals surface area contributed by atoms with Crippen molar-refractivity contribution in [3.63, 3.8) is 0 Å². The van der Waals surface area contributed by atoms with Crippen LogP contribution in [0.15, 0.2) is 115 Å². The lowest BCUT2D eigenvalue weighted by Crippen LogP contribution is -2.67. The van der Waals surface area contributed by atoms with Crippen LogP contribution < -0.4 is 10.4 Å². The molecule has 37 heavy (non-hydrogen) atoms. The number of rotatable bonds is 10. The molecule has 192 valence electrons. The summed E-state index contributed by atoms with van der Waals surface area (Å²) in [6.07, 6.45) is 1.94. The maximum absolute atomic E-state index is 7.36. The highest BCUT2D eigenvalue weighted by Crippen LogP contribution is 2.39. The summed E-state index contributed by atoms with van der Waals surface area (Å²) in [7, 11) is -2.59. The Morgan fingerprint density at radius 1 is 0.676 bits per heavy atom. The molecule has 4 aromatic carbocycles. The van der Waals surface area contributed by atoms with Gasteiger partial charge in [-0.1, -0.05) is 136 Å². The van der Waals surface area contributed by atoms with Crippen molar-refractivity contribution in [2.75, 3.05) is 5.88 Å². The van der Waals surface area contributed by atoms with Crippen molar-refractivity contribution in [1.82, 2.24) is 0 Å². The van der Waals surface area contributed by atoms with Gasteiger partial charge in [-0.2, -0.15) is 0 Å². The fourth-order valence-corrected chi connectivity index (χ4v) is 10.6. The Hall–Kier alpha value is -2.65. The molecule has 0 spiro atoms. The fourth-order valence-electron chi connectivity index (χ4n) is 5.57. The van der Waals surface area contributed by atoms with Crippen LogP contribution in [0, 0.1) is 0 Å². The molecule has 0 aromatic heterocycles. The Morgan fingerprint density at radius 3 is 1.59 bits per heavy atom. The molecule has 2 atom stereocenters. The molecule has 4 aromatic rings.